The van der Waals surface area contributed by atoms with Gasteiger partial charge in [-0.15, -0.1) is 0 Å². The highest BCUT2D eigenvalue weighted by Gasteiger charge is 2.30. The first-order valence-corrected chi connectivity index (χ1v) is 4.51. The minimum atomic E-state index is -4.50. The summed E-state index contributed by atoms with van der Waals surface area (Å²) in [4.78, 5) is 10.8. The third-order valence-electron chi connectivity index (χ3n) is 1.96. The summed E-state index contributed by atoms with van der Waals surface area (Å²) in [5.74, 6) is -1.07. The van der Waals surface area contributed by atoms with Crippen molar-refractivity contribution in [3.63, 3.8) is 0 Å². The quantitative estimate of drug-likeness (QED) is 0.644. The third kappa shape index (κ3) is 3.51. The molecular weight excluding hydrogens is 237 g/mol. The number of hydrogen-bond donors (Lipinski definition) is 1. The molecule has 0 amide bonds. The van der Waals surface area contributed by atoms with Crippen LogP contribution in [-0.2, 0) is 15.7 Å². The third-order valence-corrected chi connectivity index (χ3v) is 1.96. The Morgan fingerprint density at radius 1 is 1.41 bits per heavy atom. The summed E-state index contributed by atoms with van der Waals surface area (Å²) in [5.41, 5.74) is -1.01. The summed E-state index contributed by atoms with van der Waals surface area (Å²) in [6.07, 6.45) is -2.52. The van der Waals surface area contributed by atoms with E-state index in [1.54, 1.807) is 0 Å². The number of methoxy groups -OCH3 is 1. The molecule has 1 N–H and O–H groups in total. The van der Waals surface area contributed by atoms with Gasteiger partial charge in [-0.25, -0.2) is 4.79 Å². The fourth-order valence-electron chi connectivity index (χ4n) is 1.09. The van der Waals surface area contributed by atoms with Crippen molar-refractivity contribution in [1.29, 1.82) is 0 Å². The number of alkyl halides is 3. The van der Waals surface area contributed by atoms with E-state index in [4.69, 9.17) is 0 Å². The average molecular weight is 246 g/mol. The highest BCUT2D eigenvalue weighted by Crippen LogP contribution is 2.32. The minimum Gasteiger partial charge on any atom is -0.507 e. The van der Waals surface area contributed by atoms with Crippen molar-refractivity contribution in [2.45, 2.75) is 6.18 Å². The van der Waals surface area contributed by atoms with E-state index in [1.807, 2.05) is 0 Å². The number of phenolic OH excluding ortho intramolecular Hbond substituents is 1. The summed E-state index contributed by atoms with van der Waals surface area (Å²) in [6, 6.07) is 2.42. The van der Waals surface area contributed by atoms with Crippen LogP contribution in [0.2, 0.25) is 0 Å². The SMILES string of the molecule is COC(=O)C=Cc1cc(C(F)(F)F)ccc1O. The topological polar surface area (TPSA) is 46.5 Å². The Kier molecular flexibility index (Phi) is 3.77. The second kappa shape index (κ2) is 4.90. The second-order valence-electron chi connectivity index (χ2n) is 3.13. The highest BCUT2D eigenvalue weighted by atomic mass is 19.4. The van der Waals surface area contributed by atoms with Crippen LogP contribution in [0, 0.1) is 0 Å². The van der Waals surface area contributed by atoms with Crippen LogP contribution in [-0.4, -0.2) is 18.2 Å². The molecule has 1 aromatic rings. The van der Waals surface area contributed by atoms with Crippen LogP contribution in [0.3, 0.4) is 0 Å². The standard InChI is InChI=1S/C11H9F3O3/c1-17-10(16)5-2-7-6-8(11(12,13)14)3-4-9(7)15/h2-6,15H,1H3. The van der Waals surface area contributed by atoms with Gasteiger partial charge in [0.1, 0.15) is 5.75 Å². The van der Waals surface area contributed by atoms with Crippen molar-refractivity contribution >= 4 is 12.0 Å². The van der Waals surface area contributed by atoms with Gasteiger partial charge in [0.15, 0.2) is 0 Å². The summed E-state index contributed by atoms with van der Waals surface area (Å²) in [6.45, 7) is 0. The molecule has 92 valence electrons. The molecule has 0 saturated heterocycles. The number of aromatic hydroxyl groups is 1. The lowest BCUT2D eigenvalue weighted by atomic mass is 10.1. The molecule has 0 unspecified atom stereocenters. The molecule has 1 rings (SSSR count). The number of ether oxygens (including phenoxy) is 1. The van der Waals surface area contributed by atoms with Crippen LogP contribution < -0.4 is 0 Å². The number of benzene rings is 1. The van der Waals surface area contributed by atoms with Gasteiger partial charge in [0.05, 0.1) is 12.7 Å². The lowest BCUT2D eigenvalue weighted by Gasteiger charge is -2.08. The molecule has 1 aromatic carbocycles. The molecule has 0 aliphatic rings. The molecule has 0 fully saturated rings. The summed E-state index contributed by atoms with van der Waals surface area (Å²) < 4.78 is 41.4. The number of rotatable bonds is 2. The molecule has 0 aromatic heterocycles. The molecule has 3 nitrogen and oxygen atoms in total. The molecule has 0 aliphatic carbocycles. The first-order chi connectivity index (χ1) is 7.84. The number of phenols is 1. The van der Waals surface area contributed by atoms with Gasteiger partial charge in [-0.3, -0.25) is 0 Å². The van der Waals surface area contributed by atoms with E-state index in [1.165, 1.54) is 0 Å². The van der Waals surface area contributed by atoms with E-state index in [-0.39, 0.29) is 11.3 Å². The predicted octanol–water partition coefficient (Wildman–Crippen LogP) is 2.60. The Morgan fingerprint density at radius 3 is 2.59 bits per heavy atom. The molecule has 0 aliphatic heterocycles. The van der Waals surface area contributed by atoms with Crippen LogP contribution >= 0.6 is 0 Å². The number of esters is 1. The van der Waals surface area contributed by atoms with Crippen LogP contribution in [0.15, 0.2) is 24.3 Å². The van der Waals surface area contributed by atoms with Crippen LogP contribution in [0.5, 0.6) is 5.75 Å². The summed E-state index contributed by atoms with van der Waals surface area (Å²) >= 11 is 0. The zero-order valence-corrected chi connectivity index (χ0v) is 8.78. The van der Waals surface area contributed by atoms with Gasteiger partial charge in [-0.05, 0) is 24.3 Å². The zero-order valence-electron chi connectivity index (χ0n) is 8.78. The normalized spacial score (nSPS) is 11.8. The average Bonchev–Trinajstić information content (AvgIpc) is 2.26. The fourth-order valence-corrected chi connectivity index (χ4v) is 1.09. The van der Waals surface area contributed by atoms with Gasteiger partial charge in [0.25, 0.3) is 0 Å². The molecule has 0 heterocycles. The van der Waals surface area contributed by atoms with E-state index in [0.717, 1.165) is 37.5 Å². The van der Waals surface area contributed by atoms with Gasteiger partial charge in [0.2, 0.25) is 0 Å². The highest BCUT2D eigenvalue weighted by molar-refractivity contribution is 5.87. The Balaban J connectivity index is 3.07. The first kappa shape index (κ1) is 13.1. The molecule has 0 atom stereocenters. The molecule has 0 radical (unpaired) electrons. The van der Waals surface area contributed by atoms with Crippen molar-refractivity contribution in [2.75, 3.05) is 7.11 Å². The van der Waals surface area contributed by atoms with Gasteiger partial charge >= 0.3 is 12.1 Å². The molecule has 0 bridgehead atoms. The van der Waals surface area contributed by atoms with E-state index < -0.39 is 17.7 Å². The lowest BCUT2D eigenvalue weighted by molar-refractivity contribution is -0.137. The van der Waals surface area contributed by atoms with Crippen molar-refractivity contribution < 1.29 is 27.8 Å². The Morgan fingerprint density at radius 2 is 2.06 bits per heavy atom. The monoisotopic (exact) mass is 246 g/mol. The van der Waals surface area contributed by atoms with E-state index >= 15 is 0 Å². The maximum atomic E-state index is 12.4. The summed E-state index contributed by atoms with van der Waals surface area (Å²) in [7, 11) is 1.14. The first-order valence-electron chi connectivity index (χ1n) is 4.51. The Hall–Kier alpha value is -1.98. The molecule has 6 heteroatoms. The molecule has 0 saturated carbocycles. The van der Waals surface area contributed by atoms with Crippen LogP contribution in [0.1, 0.15) is 11.1 Å². The van der Waals surface area contributed by atoms with Crippen molar-refractivity contribution in [1.82, 2.24) is 0 Å². The van der Waals surface area contributed by atoms with Gasteiger partial charge in [-0.2, -0.15) is 13.2 Å². The maximum absolute atomic E-state index is 12.4. The molecule has 0 spiro atoms. The Bertz CT molecular complexity index is 450. The predicted molar refractivity (Wildman–Crippen MR) is 54.2 cm³/mol. The van der Waals surface area contributed by atoms with Gasteiger partial charge in [0, 0.05) is 11.6 Å². The number of carbonyl (C=O) groups excluding carboxylic acids is 1. The van der Waals surface area contributed by atoms with Crippen LogP contribution in [0.4, 0.5) is 13.2 Å². The number of hydrogen-bond acceptors (Lipinski definition) is 3. The number of halogens is 3. The maximum Gasteiger partial charge on any atom is 0.416 e. The van der Waals surface area contributed by atoms with Crippen molar-refractivity contribution in [3.05, 3.63) is 35.4 Å². The molecule has 17 heavy (non-hydrogen) atoms. The minimum absolute atomic E-state index is 0.106. The van der Waals surface area contributed by atoms with Crippen molar-refractivity contribution in [3.8, 4) is 5.75 Å². The van der Waals surface area contributed by atoms with E-state index in [0.29, 0.717) is 0 Å². The largest absolute Gasteiger partial charge is 0.507 e. The smallest absolute Gasteiger partial charge is 0.416 e. The van der Waals surface area contributed by atoms with Crippen LogP contribution in [0.25, 0.3) is 6.08 Å². The van der Waals surface area contributed by atoms with Crippen molar-refractivity contribution in [2.24, 2.45) is 0 Å². The van der Waals surface area contributed by atoms with E-state index in [2.05, 4.69) is 4.74 Å². The van der Waals surface area contributed by atoms with Gasteiger partial charge < -0.3 is 9.84 Å². The number of carbonyl (C=O) groups is 1. The fraction of sp³-hybridized carbons (Fsp3) is 0.182. The van der Waals surface area contributed by atoms with E-state index in [9.17, 15) is 23.1 Å². The summed E-state index contributed by atoms with van der Waals surface area (Å²) in [5, 5.41) is 9.32. The van der Waals surface area contributed by atoms with Gasteiger partial charge in [-0.1, -0.05) is 0 Å². The second-order valence-corrected chi connectivity index (χ2v) is 3.13. The molecular formula is C11H9F3O3. The zero-order chi connectivity index (χ0) is 13.1. The lowest BCUT2D eigenvalue weighted by Crippen LogP contribution is -2.04. The Labute approximate surface area is 95.1 Å².